The highest BCUT2D eigenvalue weighted by Crippen LogP contribution is 2.37. The fraction of sp³-hybridized carbons (Fsp3) is 0.200. The number of hydrogen-bond acceptors (Lipinski definition) is 5. The lowest BCUT2D eigenvalue weighted by Crippen LogP contribution is -2.39. The second kappa shape index (κ2) is 7.55. The number of hydrogen-bond donors (Lipinski definition) is 1. The molecule has 2 aromatic carbocycles. The van der Waals surface area contributed by atoms with Gasteiger partial charge in [-0.3, -0.25) is 4.79 Å². The molecule has 2 N–H and O–H groups in total. The quantitative estimate of drug-likeness (QED) is 0.670. The number of fused-ring (bicyclic) bond motifs is 1. The van der Waals surface area contributed by atoms with Crippen molar-refractivity contribution in [3.8, 4) is 0 Å². The third-order valence-electron chi connectivity index (χ3n) is 4.61. The monoisotopic (exact) mass is 395 g/mol. The lowest BCUT2D eigenvalue weighted by atomic mass is 9.88. The van der Waals surface area contributed by atoms with Crippen LogP contribution in [0.4, 0.5) is 10.3 Å². The van der Waals surface area contributed by atoms with Crippen LogP contribution in [0.25, 0.3) is 0 Å². The Kier molecular flexibility index (Phi) is 4.95. The Morgan fingerprint density at radius 2 is 2.00 bits per heavy atom. The van der Waals surface area contributed by atoms with Crippen molar-refractivity contribution >= 4 is 29.3 Å². The van der Waals surface area contributed by atoms with Crippen LogP contribution in [0.3, 0.4) is 0 Å². The second-order valence-electron chi connectivity index (χ2n) is 6.55. The minimum absolute atomic E-state index is 0.388. The van der Waals surface area contributed by atoms with Crippen molar-refractivity contribution in [3.63, 3.8) is 0 Å². The number of aliphatic imine (C=N–C) groups is 1. The fourth-order valence-corrected chi connectivity index (χ4v) is 4.10. The zero-order valence-electron chi connectivity index (χ0n) is 15.1. The van der Waals surface area contributed by atoms with Gasteiger partial charge in [-0.1, -0.05) is 54.2 Å². The number of halogens is 1. The van der Waals surface area contributed by atoms with Crippen molar-refractivity contribution in [2.24, 2.45) is 16.6 Å². The van der Waals surface area contributed by atoms with Crippen molar-refractivity contribution < 1.29 is 9.18 Å². The lowest BCUT2D eigenvalue weighted by Gasteiger charge is -2.29. The molecule has 1 amide bonds. The third-order valence-corrected chi connectivity index (χ3v) is 5.52. The summed E-state index contributed by atoms with van der Waals surface area (Å²) in [5.74, 6) is -0.546. The Morgan fingerprint density at radius 3 is 2.71 bits per heavy atom. The first kappa shape index (κ1) is 18.4. The van der Waals surface area contributed by atoms with E-state index in [4.69, 9.17) is 5.73 Å². The van der Waals surface area contributed by atoms with Crippen molar-refractivity contribution in [3.05, 3.63) is 71.5 Å². The Morgan fingerprint density at radius 1 is 1.21 bits per heavy atom. The maximum absolute atomic E-state index is 13.8. The molecule has 8 heteroatoms. The standard InChI is InChI=1S/C20H18FN5OS/c1-12-16(18(22)27)17(14-8-5-9-15(21)10-14)26-19(23-12)24-20(25-26)28-11-13-6-3-2-4-7-13/h2-10,16-17H,11H2,1H3,(H2,22,27). The molecule has 2 heterocycles. The number of thioether (sulfide) groups is 1. The number of nitrogens with zero attached hydrogens (tertiary/aromatic N) is 4. The summed E-state index contributed by atoms with van der Waals surface area (Å²) in [6.45, 7) is 1.73. The van der Waals surface area contributed by atoms with Gasteiger partial charge in [-0.25, -0.2) is 14.1 Å². The number of aromatic nitrogens is 3. The second-order valence-corrected chi connectivity index (χ2v) is 7.49. The Balaban J connectivity index is 1.71. The van der Waals surface area contributed by atoms with Crippen molar-refractivity contribution in [2.75, 3.05) is 0 Å². The molecule has 4 rings (SSSR count). The molecule has 1 aromatic heterocycles. The summed E-state index contributed by atoms with van der Waals surface area (Å²) in [7, 11) is 0. The van der Waals surface area contributed by atoms with Crippen LogP contribution in [-0.4, -0.2) is 26.4 Å². The van der Waals surface area contributed by atoms with Crippen LogP contribution in [-0.2, 0) is 10.5 Å². The van der Waals surface area contributed by atoms with E-state index in [1.807, 2.05) is 30.3 Å². The molecule has 0 aliphatic carbocycles. The summed E-state index contributed by atoms with van der Waals surface area (Å²) in [4.78, 5) is 21.1. The number of primary amides is 1. The number of amides is 1. The van der Waals surface area contributed by atoms with Gasteiger partial charge in [0.15, 0.2) is 0 Å². The summed E-state index contributed by atoms with van der Waals surface area (Å²) in [6.07, 6.45) is 0. The summed E-state index contributed by atoms with van der Waals surface area (Å²) in [5, 5.41) is 5.10. The molecule has 1 aliphatic rings. The van der Waals surface area contributed by atoms with E-state index in [1.165, 1.54) is 23.9 Å². The largest absolute Gasteiger partial charge is 0.369 e. The molecule has 2 unspecified atom stereocenters. The van der Waals surface area contributed by atoms with Gasteiger partial charge < -0.3 is 5.73 Å². The molecule has 142 valence electrons. The predicted molar refractivity (Wildman–Crippen MR) is 106 cm³/mol. The van der Waals surface area contributed by atoms with Crippen LogP contribution in [0, 0.1) is 11.7 Å². The van der Waals surface area contributed by atoms with Gasteiger partial charge >= 0.3 is 0 Å². The van der Waals surface area contributed by atoms with Gasteiger partial charge in [0.25, 0.3) is 0 Å². The van der Waals surface area contributed by atoms with Gasteiger partial charge in [0.05, 0.1) is 6.04 Å². The minimum atomic E-state index is -0.719. The first-order valence-electron chi connectivity index (χ1n) is 8.76. The maximum Gasteiger partial charge on any atom is 0.249 e. The highest BCUT2D eigenvalue weighted by Gasteiger charge is 2.38. The van der Waals surface area contributed by atoms with Crippen LogP contribution >= 0.6 is 11.8 Å². The van der Waals surface area contributed by atoms with Gasteiger partial charge in [-0.2, -0.15) is 4.98 Å². The smallest absolute Gasteiger partial charge is 0.249 e. The van der Waals surface area contributed by atoms with E-state index in [2.05, 4.69) is 15.1 Å². The summed E-state index contributed by atoms with van der Waals surface area (Å²) < 4.78 is 15.4. The topological polar surface area (TPSA) is 86.2 Å². The van der Waals surface area contributed by atoms with Gasteiger partial charge in [-0.05, 0) is 30.2 Å². The van der Waals surface area contributed by atoms with Gasteiger partial charge in [0.2, 0.25) is 17.0 Å². The van der Waals surface area contributed by atoms with E-state index in [0.29, 0.717) is 28.1 Å². The first-order chi connectivity index (χ1) is 13.5. The number of carbonyl (C=O) groups excluding carboxylic acids is 1. The van der Waals surface area contributed by atoms with E-state index in [0.717, 1.165) is 5.56 Å². The molecule has 0 saturated carbocycles. The predicted octanol–water partition coefficient (Wildman–Crippen LogP) is 3.51. The maximum atomic E-state index is 13.8. The van der Waals surface area contributed by atoms with Crippen LogP contribution in [0.1, 0.15) is 24.1 Å². The minimum Gasteiger partial charge on any atom is -0.369 e. The molecule has 0 radical (unpaired) electrons. The molecule has 6 nitrogen and oxygen atoms in total. The average Bonchev–Trinajstić information content (AvgIpc) is 3.08. The molecule has 0 bridgehead atoms. The van der Waals surface area contributed by atoms with Crippen molar-refractivity contribution in [1.82, 2.24) is 14.8 Å². The molecule has 0 fully saturated rings. The van der Waals surface area contributed by atoms with Crippen LogP contribution in [0.2, 0.25) is 0 Å². The molecule has 2 atom stereocenters. The van der Waals surface area contributed by atoms with E-state index in [1.54, 1.807) is 23.7 Å². The summed E-state index contributed by atoms with van der Waals surface area (Å²) in [6, 6.07) is 15.5. The average molecular weight is 395 g/mol. The van der Waals surface area contributed by atoms with E-state index in [9.17, 15) is 9.18 Å². The zero-order chi connectivity index (χ0) is 19.7. The Hall–Kier alpha value is -3.00. The highest BCUT2D eigenvalue weighted by molar-refractivity contribution is 7.98. The molecule has 28 heavy (non-hydrogen) atoms. The Bertz CT molecular complexity index is 1050. The van der Waals surface area contributed by atoms with Crippen molar-refractivity contribution in [1.29, 1.82) is 0 Å². The van der Waals surface area contributed by atoms with Crippen LogP contribution in [0.15, 0.2) is 64.7 Å². The molecule has 1 aliphatic heterocycles. The number of rotatable bonds is 5. The van der Waals surface area contributed by atoms with Gasteiger partial charge in [0, 0.05) is 11.5 Å². The molecular formula is C20H18FN5OS. The van der Waals surface area contributed by atoms with E-state index >= 15 is 0 Å². The highest BCUT2D eigenvalue weighted by atomic mass is 32.2. The molecule has 3 aromatic rings. The molecular weight excluding hydrogens is 377 g/mol. The number of benzene rings is 2. The number of carbonyl (C=O) groups is 1. The van der Waals surface area contributed by atoms with Gasteiger partial charge in [-0.15, -0.1) is 5.10 Å². The third kappa shape index (κ3) is 3.55. The van der Waals surface area contributed by atoms with Crippen molar-refractivity contribution in [2.45, 2.75) is 23.9 Å². The SMILES string of the molecule is CC1=Nc2nc(SCc3ccccc3)nn2C(c2cccc(F)c2)C1C(N)=O. The van der Waals surface area contributed by atoms with E-state index in [-0.39, 0.29) is 5.82 Å². The van der Waals surface area contributed by atoms with Crippen LogP contribution in [0.5, 0.6) is 0 Å². The molecule has 0 spiro atoms. The van der Waals surface area contributed by atoms with Crippen LogP contribution < -0.4 is 5.73 Å². The fourth-order valence-electron chi connectivity index (χ4n) is 3.32. The Labute approximate surface area is 165 Å². The normalized spacial score (nSPS) is 18.4. The summed E-state index contributed by atoms with van der Waals surface area (Å²) >= 11 is 1.48. The number of nitrogens with two attached hydrogens (primary N) is 1. The summed E-state index contributed by atoms with van der Waals surface area (Å²) in [5.41, 5.74) is 7.94. The van der Waals surface area contributed by atoms with E-state index < -0.39 is 17.9 Å². The lowest BCUT2D eigenvalue weighted by molar-refractivity contribution is -0.120. The van der Waals surface area contributed by atoms with Gasteiger partial charge in [0.1, 0.15) is 11.7 Å². The molecule has 0 saturated heterocycles. The zero-order valence-corrected chi connectivity index (χ0v) is 15.9. The first-order valence-corrected chi connectivity index (χ1v) is 9.74.